The average Bonchev–Trinajstić information content (AvgIpc) is 3.21. The maximum atomic E-state index is 13.3. The summed E-state index contributed by atoms with van der Waals surface area (Å²) in [5.41, 5.74) is 5.04. The summed E-state index contributed by atoms with van der Waals surface area (Å²) in [6.45, 7) is 10.4. The minimum atomic E-state index is -0.809. The van der Waals surface area contributed by atoms with Crippen LogP contribution in [-0.4, -0.2) is 101 Å². The molecule has 0 fully saturated rings. The first-order chi connectivity index (χ1) is 28.5. The van der Waals surface area contributed by atoms with Gasteiger partial charge < -0.3 is 45.1 Å². The molecule has 4 rings (SSSR count). The molecular formula is C45H57N5O9. The fourth-order valence-corrected chi connectivity index (χ4v) is 5.88. The van der Waals surface area contributed by atoms with Crippen LogP contribution in [0.15, 0.2) is 72.8 Å². The molecule has 0 aromatic heterocycles. The lowest BCUT2D eigenvalue weighted by Gasteiger charge is -2.26. The van der Waals surface area contributed by atoms with Crippen molar-refractivity contribution in [3.05, 3.63) is 95.1 Å². The van der Waals surface area contributed by atoms with E-state index in [1.165, 1.54) is 0 Å². The zero-order valence-electron chi connectivity index (χ0n) is 34.5. The molecule has 0 radical (unpaired) electrons. The van der Waals surface area contributed by atoms with E-state index in [0.29, 0.717) is 58.4 Å². The van der Waals surface area contributed by atoms with Crippen molar-refractivity contribution in [2.24, 2.45) is 5.92 Å². The molecule has 0 bridgehead atoms. The number of nitrogens with one attached hydrogen (secondary N) is 4. The van der Waals surface area contributed by atoms with Crippen LogP contribution in [0.25, 0.3) is 0 Å². The third-order valence-electron chi connectivity index (χ3n) is 9.23. The predicted octanol–water partition coefficient (Wildman–Crippen LogP) is 3.88. The van der Waals surface area contributed by atoms with Gasteiger partial charge >= 0.3 is 0 Å². The van der Waals surface area contributed by atoms with Crippen molar-refractivity contribution in [1.82, 2.24) is 16.0 Å². The Morgan fingerprint density at radius 2 is 1.24 bits per heavy atom. The topological polar surface area (TPSA) is 174 Å². The first kappa shape index (κ1) is 46.1. The number of carbonyl (C=O) groups excluding carboxylic acids is 5. The van der Waals surface area contributed by atoms with Crippen LogP contribution in [-0.2, 0) is 49.5 Å². The fraction of sp³-hybridized carbons (Fsp3) is 0.444. The molecule has 0 saturated carbocycles. The largest absolute Gasteiger partial charge is 0.379 e. The van der Waals surface area contributed by atoms with Crippen LogP contribution in [0.4, 0.5) is 11.4 Å². The Morgan fingerprint density at radius 3 is 1.92 bits per heavy atom. The summed E-state index contributed by atoms with van der Waals surface area (Å²) in [4.78, 5) is 65.5. The van der Waals surface area contributed by atoms with Gasteiger partial charge in [-0.25, -0.2) is 0 Å². The van der Waals surface area contributed by atoms with Gasteiger partial charge in [-0.3, -0.25) is 24.0 Å². The van der Waals surface area contributed by atoms with E-state index >= 15 is 0 Å². The summed E-state index contributed by atoms with van der Waals surface area (Å²) in [5, 5.41) is 11.0. The van der Waals surface area contributed by atoms with Gasteiger partial charge in [-0.2, -0.15) is 0 Å². The highest BCUT2D eigenvalue weighted by Crippen LogP contribution is 2.26. The van der Waals surface area contributed by atoms with Crippen LogP contribution in [0.3, 0.4) is 0 Å². The number of benzene rings is 3. The van der Waals surface area contributed by atoms with E-state index in [-0.39, 0.29) is 62.0 Å². The molecule has 3 aromatic carbocycles. The molecule has 1 aliphatic rings. The van der Waals surface area contributed by atoms with Crippen molar-refractivity contribution in [3.63, 3.8) is 0 Å². The highest BCUT2D eigenvalue weighted by molar-refractivity contribution is 5.98. The zero-order chi connectivity index (χ0) is 42.4. The van der Waals surface area contributed by atoms with Gasteiger partial charge in [-0.05, 0) is 55.7 Å². The van der Waals surface area contributed by atoms with Crippen molar-refractivity contribution < 1.29 is 42.9 Å². The summed E-state index contributed by atoms with van der Waals surface area (Å²) < 4.78 is 22.1. The molecular weight excluding hydrogens is 755 g/mol. The number of hydrogen-bond acceptors (Lipinski definition) is 9. The van der Waals surface area contributed by atoms with Gasteiger partial charge in [0.15, 0.2) is 0 Å². The number of para-hydroxylation sites is 1. The molecule has 1 aliphatic heterocycles. The first-order valence-electron chi connectivity index (χ1n) is 20.1. The summed E-state index contributed by atoms with van der Waals surface area (Å²) in [6.07, 6.45) is 0.189. The van der Waals surface area contributed by atoms with E-state index in [9.17, 15) is 24.0 Å². The summed E-state index contributed by atoms with van der Waals surface area (Å²) in [6, 6.07) is 21.0. The van der Waals surface area contributed by atoms with Gasteiger partial charge in [0, 0.05) is 42.6 Å². The Bertz CT molecular complexity index is 1910. The number of hydrogen-bond donors (Lipinski definition) is 4. The molecule has 316 valence electrons. The summed E-state index contributed by atoms with van der Waals surface area (Å²) in [7, 11) is 0. The third kappa shape index (κ3) is 16.3. The number of aryl methyl sites for hydroxylation is 1. The average molecular weight is 812 g/mol. The number of fused-ring (bicyclic) bond motifs is 2. The smallest absolute Gasteiger partial charge is 0.246 e. The van der Waals surface area contributed by atoms with E-state index < -0.39 is 18.0 Å². The molecule has 59 heavy (non-hydrogen) atoms. The van der Waals surface area contributed by atoms with Crippen molar-refractivity contribution in [2.45, 2.75) is 65.6 Å². The first-order valence-corrected chi connectivity index (χ1v) is 20.1. The summed E-state index contributed by atoms with van der Waals surface area (Å²) >= 11 is 0. The number of anilines is 2. The SMILES string of the molecule is Cc1ccc(NC(=O)[C@H](C)NC(=O)[C@@H](NC(=O)CCOCCOCCOCCOCCNC(=O)CCC(=O)N2Cc3ccccc3C#Cc3ccccc32)C(C)C)cc1. The van der Waals surface area contributed by atoms with E-state index in [1.54, 1.807) is 24.0 Å². The van der Waals surface area contributed by atoms with E-state index in [2.05, 4.69) is 33.1 Å². The number of nitrogens with zero attached hydrogens (tertiary/aromatic N) is 1. The Balaban J connectivity index is 0.966. The van der Waals surface area contributed by atoms with Crippen molar-refractivity contribution >= 4 is 40.9 Å². The van der Waals surface area contributed by atoms with Crippen LogP contribution in [0.5, 0.6) is 0 Å². The van der Waals surface area contributed by atoms with E-state index in [1.807, 2.05) is 81.4 Å². The minimum absolute atomic E-state index is 0.0616. The van der Waals surface area contributed by atoms with Crippen LogP contribution in [0.2, 0.25) is 0 Å². The minimum Gasteiger partial charge on any atom is -0.379 e. The third-order valence-corrected chi connectivity index (χ3v) is 9.23. The van der Waals surface area contributed by atoms with Crippen LogP contribution < -0.4 is 26.2 Å². The lowest BCUT2D eigenvalue weighted by Crippen LogP contribution is -2.53. The molecule has 0 aliphatic carbocycles. The van der Waals surface area contributed by atoms with Gasteiger partial charge in [0.05, 0.1) is 65.1 Å². The Hall–Kier alpha value is -5.59. The van der Waals surface area contributed by atoms with Gasteiger partial charge in [0.1, 0.15) is 12.1 Å². The second-order valence-electron chi connectivity index (χ2n) is 14.3. The monoisotopic (exact) mass is 811 g/mol. The van der Waals surface area contributed by atoms with E-state index in [0.717, 1.165) is 27.9 Å². The van der Waals surface area contributed by atoms with Gasteiger partial charge in [0.2, 0.25) is 29.5 Å². The summed E-state index contributed by atoms with van der Waals surface area (Å²) in [5.74, 6) is 4.67. The molecule has 0 spiro atoms. The zero-order valence-corrected chi connectivity index (χ0v) is 34.5. The lowest BCUT2D eigenvalue weighted by molar-refractivity contribution is -0.132. The Morgan fingerprint density at radius 1 is 0.644 bits per heavy atom. The number of rotatable bonds is 24. The maximum absolute atomic E-state index is 13.3. The van der Waals surface area contributed by atoms with Crippen molar-refractivity contribution in [1.29, 1.82) is 0 Å². The van der Waals surface area contributed by atoms with Crippen molar-refractivity contribution in [3.8, 4) is 11.8 Å². The molecule has 14 heteroatoms. The highest BCUT2D eigenvalue weighted by atomic mass is 16.6. The van der Waals surface area contributed by atoms with Crippen LogP contribution >= 0.6 is 0 Å². The van der Waals surface area contributed by atoms with Crippen molar-refractivity contribution in [2.75, 3.05) is 69.6 Å². The fourth-order valence-electron chi connectivity index (χ4n) is 5.88. The molecule has 14 nitrogen and oxygen atoms in total. The second-order valence-corrected chi connectivity index (χ2v) is 14.3. The molecule has 0 unspecified atom stereocenters. The quantitative estimate of drug-likeness (QED) is 0.0774. The Labute approximate surface area is 347 Å². The predicted molar refractivity (Wildman–Crippen MR) is 224 cm³/mol. The lowest BCUT2D eigenvalue weighted by atomic mass is 10.0. The number of carbonyl (C=O) groups is 5. The number of ether oxygens (including phenoxy) is 4. The van der Waals surface area contributed by atoms with Crippen LogP contribution in [0.1, 0.15) is 62.3 Å². The molecule has 3 aromatic rings. The number of amides is 5. The molecule has 4 N–H and O–H groups in total. The van der Waals surface area contributed by atoms with Gasteiger partial charge in [-0.15, -0.1) is 0 Å². The molecule has 5 amide bonds. The second kappa shape index (κ2) is 25.0. The Kier molecular flexibility index (Phi) is 19.5. The maximum Gasteiger partial charge on any atom is 0.246 e. The molecule has 1 heterocycles. The van der Waals surface area contributed by atoms with Gasteiger partial charge in [-0.1, -0.05) is 73.7 Å². The standard InChI is InChI=1S/C45H57N5O9/c1-32(2)43(45(55)47-34(4)44(54)48-38-17-13-33(3)14-18-38)49-41(52)21-23-56-25-27-58-29-30-59-28-26-57-24-22-46-40(51)19-20-42(53)50-31-37-11-6-5-9-35(37)15-16-36-10-7-8-12-39(36)50/h5-14,17-18,32,34,43H,19-31H2,1-4H3,(H,46,51)(H,47,55)(H,48,54)(H,49,52)/t34-,43-/m0/s1. The highest BCUT2D eigenvalue weighted by Gasteiger charge is 2.27. The van der Waals surface area contributed by atoms with E-state index in [4.69, 9.17) is 18.9 Å². The molecule has 0 saturated heterocycles. The normalized spacial score (nSPS) is 12.7. The molecule has 2 atom stereocenters. The van der Waals surface area contributed by atoms with Crippen LogP contribution in [0, 0.1) is 24.7 Å². The van der Waals surface area contributed by atoms with Gasteiger partial charge in [0.25, 0.3) is 0 Å².